The molecule has 0 N–H and O–H groups in total. The van der Waals surface area contributed by atoms with Gasteiger partial charge in [0.05, 0.1) is 17.9 Å². The van der Waals surface area contributed by atoms with Gasteiger partial charge in [-0.3, -0.25) is 0 Å². The molecule has 62 heavy (non-hydrogen) atoms. The first-order chi connectivity index (χ1) is 30.2. The van der Waals surface area contributed by atoms with Gasteiger partial charge in [0.2, 0.25) is 5.69 Å². The van der Waals surface area contributed by atoms with E-state index in [1.54, 1.807) is 0 Å². The third kappa shape index (κ3) is 5.25. The summed E-state index contributed by atoms with van der Waals surface area (Å²) in [6.07, 6.45) is 4.47. The summed E-state index contributed by atoms with van der Waals surface area (Å²) in [7, 11) is 0. The molecule has 4 heteroatoms. The Balaban J connectivity index is 1.26. The number of rotatable bonds is 6. The van der Waals surface area contributed by atoms with Gasteiger partial charge in [0.15, 0.2) is 28.9 Å². The number of aromatic nitrogens is 3. The molecule has 5 heterocycles. The summed E-state index contributed by atoms with van der Waals surface area (Å²) in [5, 5.41) is 4.78. The van der Waals surface area contributed by atoms with E-state index in [2.05, 4.69) is 202 Å². The molecule has 1 aliphatic heterocycles. The van der Waals surface area contributed by atoms with Crippen molar-refractivity contribution in [2.45, 2.75) is 85.1 Å². The zero-order valence-corrected chi connectivity index (χ0v) is 36.8. The Morgan fingerprint density at radius 1 is 0.694 bits per heavy atom. The first-order valence-electron chi connectivity index (χ1n) is 22.8. The number of hydrogen-bond acceptors (Lipinski definition) is 1. The Bertz CT molecular complexity index is 3440. The molecule has 6 aromatic carbocycles. The van der Waals surface area contributed by atoms with Crippen LogP contribution in [-0.4, -0.2) is 4.57 Å². The number of fused-ring (bicyclic) bond motifs is 19. The highest BCUT2D eigenvalue weighted by Crippen LogP contribution is 2.53. The number of hydrogen-bond donors (Lipinski definition) is 0. The summed E-state index contributed by atoms with van der Waals surface area (Å²) in [4.78, 5) is 0. The molecule has 4 aromatic heterocycles. The van der Waals surface area contributed by atoms with E-state index in [4.69, 9.17) is 4.42 Å². The van der Waals surface area contributed by atoms with Crippen LogP contribution in [0.15, 0.2) is 144 Å². The standard InChI is InChI=1S/C58H53N3O/c1-33(2)27-38-30-49-40-19-11-12-21-42(40)53-50(59(49)32-36(38)7)31-51-54(53)44-26-25-43-41-20-13-16-24-52(41)62-57(43)55(44)58-60(51)47-22-14-15-23-48(47)61(58)56-45(34(3)4)28-39(29-46(56)35(5)6)37-17-9-8-10-18-37/h8-26,28-30,32-35,50,53H,27,31H2,1-7H3/q+2. The first kappa shape index (κ1) is 37.3. The summed E-state index contributed by atoms with van der Waals surface area (Å²) in [6.45, 7) is 16.4. The molecule has 2 aliphatic rings. The van der Waals surface area contributed by atoms with Crippen molar-refractivity contribution in [3.05, 3.63) is 179 Å². The smallest absolute Gasteiger partial charge is 0.304 e. The zero-order valence-electron chi connectivity index (χ0n) is 36.8. The molecule has 0 fully saturated rings. The van der Waals surface area contributed by atoms with Gasteiger partial charge in [-0.25, -0.2) is 0 Å². The van der Waals surface area contributed by atoms with E-state index in [0.717, 1.165) is 34.8 Å². The lowest BCUT2D eigenvalue weighted by Gasteiger charge is -2.27. The fraction of sp³-hybridized carbons (Fsp3) is 0.241. The van der Waals surface area contributed by atoms with Crippen LogP contribution in [0.4, 0.5) is 0 Å². The third-order valence-electron chi connectivity index (χ3n) is 14.3. The van der Waals surface area contributed by atoms with Crippen molar-refractivity contribution in [2.24, 2.45) is 5.92 Å². The molecule has 0 amide bonds. The SMILES string of the molecule is Cc1c[n+]2c(cc1CC(C)C)-c1ccccc1C1c3c([n+]4c5ccccc5n(-c5c(C(C)C)cc(-c6ccccc6)cc5C(C)C)c4c4c3ccc3c5ccccc5oc34)CC12. The lowest BCUT2D eigenvalue weighted by molar-refractivity contribution is -0.716. The van der Waals surface area contributed by atoms with Crippen LogP contribution in [0.1, 0.15) is 104 Å². The summed E-state index contributed by atoms with van der Waals surface area (Å²) in [6, 6.07) is 50.3. The maximum Gasteiger partial charge on any atom is 0.304 e. The molecule has 0 saturated carbocycles. The third-order valence-corrected chi connectivity index (χ3v) is 14.3. The van der Waals surface area contributed by atoms with E-state index in [0.29, 0.717) is 5.92 Å². The van der Waals surface area contributed by atoms with Crippen molar-refractivity contribution in [3.8, 4) is 28.1 Å². The van der Waals surface area contributed by atoms with Crippen molar-refractivity contribution >= 4 is 49.4 Å². The number of aryl methyl sites for hydroxylation is 1. The minimum Gasteiger partial charge on any atom is -0.455 e. The zero-order chi connectivity index (χ0) is 42.1. The van der Waals surface area contributed by atoms with Crippen LogP contribution in [0.2, 0.25) is 0 Å². The fourth-order valence-electron chi connectivity index (χ4n) is 11.6. The van der Waals surface area contributed by atoms with Crippen LogP contribution >= 0.6 is 0 Å². The number of para-hydroxylation sites is 3. The predicted octanol–water partition coefficient (Wildman–Crippen LogP) is 14.0. The molecular weight excluding hydrogens is 755 g/mol. The van der Waals surface area contributed by atoms with Crippen molar-refractivity contribution in [3.63, 3.8) is 0 Å². The first-order valence-corrected chi connectivity index (χ1v) is 22.8. The average molecular weight is 808 g/mol. The molecule has 0 radical (unpaired) electrons. The molecule has 0 saturated heterocycles. The van der Waals surface area contributed by atoms with Crippen LogP contribution < -0.4 is 8.97 Å². The second kappa shape index (κ2) is 13.7. The van der Waals surface area contributed by atoms with Crippen molar-refractivity contribution in [2.75, 3.05) is 0 Å². The maximum atomic E-state index is 7.14. The fourth-order valence-corrected chi connectivity index (χ4v) is 11.6. The van der Waals surface area contributed by atoms with Gasteiger partial charge >= 0.3 is 5.65 Å². The molecule has 2 unspecified atom stereocenters. The number of benzene rings is 6. The van der Waals surface area contributed by atoms with E-state index in [1.165, 1.54) is 94.6 Å². The highest BCUT2D eigenvalue weighted by Gasteiger charge is 2.51. The van der Waals surface area contributed by atoms with Crippen LogP contribution in [-0.2, 0) is 12.8 Å². The van der Waals surface area contributed by atoms with Gasteiger partial charge in [-0.15, -0.1) is 0 Å². The van der Waals surface area contributed by atoms with Crippen molar-refractivity contribution in [1.82, 2.24) is 4.57 Å². The molecule has 0 spiro atoms. The van der Waals surface area contributed by atoms with E-state index in [-0.39, 0.29) is 23.8 Å². The molecule has 4 nitrogen and oxygen atoms in total. The number of nitrogens with zero attached hydrogens (tertiary/aromatic N) is 3. The number of pyridine rings is 2. The van der Waals surface area contributed by atoms with Gasteiger partial charge in [0.1, 0.15) is 22.4 Å². The highest BCUT2D eigenvalue weighted by atomic mass is 16.3. The van der Waals surface area contributed by atoms with Crippen LogP contribution in [0.3, 0.4) is 0 Å². The Morgan fingerprint density at radius 2 is 1.39 bits per heavy atom. The second-order valence-corrected chi connectivity index (χ2v) is 19.2. The summed E-state index contributed by atoms with van der Waals surface area (Å²) < 4.78 is 15.1. The van der Waals surface area contributed by atoms with Gasteiger partial charge in [0.25, 0.3) is 0 Å². The summed E-state index contributed by atoms with van der Waals surface area (Å²) >= 11 is 0. The van der Waals surface area contributed by atoms with Gasteiger partial charge in [0, 0.05) is 44.5 Å². The lowest BCUT2D eigenvalue weighted by atomic mass is 9.80. The minimum atomic E-state index is 0.167. The maximum absolute atomic E-state index is 7.14. The normalized spacial score (nSPS) is 15.8. The van der Waals surface area contributed by atoms with Gasteiger partial charge in [-0.2, -0.15) is 13.5 Å². The minimum absolute atomic E-state index is 0.167. The Labute approximate surface area is 363 Å². The molecule has 12 rings (SSSR count). The van der Waals surface area contributed by atoms with Crippen LogP contribution in [0.25, 0.3) is 77.5 Å². The highest BCUT2D eigenvalue weighted by molar-refractivity contribution is 6.19. The summed E-state index contributed by atoms with van der Waals surface area (Å²) in [5.74, 6) is 1.30. The second-order valence-electron chi connectivity index (χ2n) is 19.2. The molecule has 304 valence electrons. The van der Waals surface area contributed by atoms with Crippen molar-refractivity contribution < 1.29 is 13.4 Å². The van der Waals surface area contributed by atoms with E-state index in [9.17, 15) is 0 Å². The quantitative estimate of drug-likeness (QED) is 0.154. The van der Waals surface area contributed by atoms with Gasteiger partial charge < -0.3 is 4.42 Å². The monoisotopic (exact) mass is 807 g/mol. The van der Waals surface area contributed by atoms with E-state index < -0.39 is 0 Å². The molecule has 1 aliphatic carbocycles. The Hall–Kier alpha value is -6.52. The van der Waals surface area contributed by atoms with Crippen LogP contribution in [0, 0.1) is 12.8 Å². The molecular formula is C58H53N3O+2. The largest absolute Gasteiger partial charge is 0.455 e. The molecule has 10 aromatic rings. The molecule has 0 bridgehead atoms. The molecule has 2 atom stereocenters. The summed E-state index contributed by atoms with van der Waals surface area (Å²) in [5.41, 5.74) is 21.8. The number of imidazole rings is 1. The van der Waals surface area contributed by atoms with Crippen LogP contribution in [0.5, 0.6) is 0 Å². The Kier molecular flexibility index (Phi) is 8.26. The van der Waals surface area contributed by atoms with E-state index in [1.807, 2.05) is 0 Å². The number of furan rings is 1. The average Bonchev–Trinajstić information content (AvgIpc) is 3.97. The lowest BCUT2D eigenvalue weighted by Crippen LogP contribution is -2.47. The topological polar surface area (TPSA) is 26.1 Å². The van der Waals surface area contributed by atoms with E-state index >= 15 is 0 Å². The Morgan fingerprint density at radius 3 is 2.16 bits per heavy atom. The van der Waals surface area contributed by atoms with Gasteiger partial charge in [-0.1, -0.05) is 126 Å². The van der Waals surface area contributed by atoms with Gasteiger partial charge in [-0.05, 0) is 95.8 Å². The predicted molar refractivity (Wildman–Crippen MR) is 255 cm³/mol. The van der Waals surface area contributed by atoms with Crippen molar-refractivity contribution in [1.29, 1.82) is 0 Å².